The van der Waals surface area contributed by atoms with Crippen LogP contribution in [0.5, 0.6) is 0 Å². The van der Waals surface area contributed by atoms with Crippen LogP contribution in [-0.2, 0) is 33.5 Å². The predicted octanol–water partition coefficient (Wildman–Crippen LogP) is 1.71. The van der Waals surface area contributed by atoms with E-state index in [2.05, 4.69) is 13.2 Å². The molecule has 2 atom stereocenters. The lowest BCUT2D eigenvalue weighted by atomic mass is 9.73. The highest BCUT2D eigenvalue weighted by Gasteiger charge is 2.42. The van der Waals surface area contributed by atoms with E-state index in [1.807, 2.05) is 0 Å². The third kappa shape index (κ3) is 12.3. The van der Waals surface area contributed by atoms with Crippen LogP contribution in [0.4, 0.5) is 0 Å². The summed E-state index contributed by atoms with van der Waals surface area (Å²) in [5, 5.41) is 55.5. The maximum atomic E-state index is 11.4. The minimum absolute atomic E-state index is 0.421. The molecule has 0 bridgehead atoms. The van der Waals surface area contributed by atoms with Crippen LogP contribution in [0.1, 0.15) is 51.4 Å². The molecule has 0 aromatic carbocycles. The molecule has 13 heteroatoms. The lowest BCUT2D eigenvalue weighted by Gasteiger charge is -2.36. The molecular weight excluding hydrogens is 472 g/mol. The van der Waals surface area contributed by atoms with E-state index in [0.29, 0.717) is 0 Å². The molecule has 0 heterocycles. The van der Waals surface area contributed by atoms with Crippen molar-refractivity contribution in [2.75, 3.05) is 0 Å². The molecule has 6 N–H and O–H groups in total. The van der Waals surface area contributed by atoms with Crippen LogP contribution in [0.2, 0.25) is 0 Å². The first-order chi connectivity index (χ1) is 16.1. The molecule has 13 nitrogen and oxygen atoms in total. The third-order valence-electron chi connectivity index (χ3n) is 5.30. The van der Waals surface area contributed by atoms with Gasteiger partial charge in [-0.2, -0.15) is 0 Å². The standard InChI is InChI=1S/C22H30O13/c1-3-13(5-21(7-15(23)24,8-16(25)26)9-17(27)28)35-14(4-2)6-22(10-18(29)30,11-19(31)32)12-20(33)34/h3-4,13-14H,1-2,5-12H2,(H,23,24)(H,25,26)(H,27,28)(H,29,30)(H,31,32)(H,33,34). The third-order valence-corrected chi connectivity index (χ3v) is 5.30. The molecule has 0 aliphatic carbocycles. The van der Waals surface area contributed by atoms with E-state index in [0.717, 1.165) is 12.2 Å². The van der Waals surface area contributed by atoms with Crippen molar-refractivity contribution in [1.29, 1.82) is 0 Å². The summed E-state index contributed by atoms with van der Waals surface area (Å²) < 4.78 is 5.76. The van der Waals surface area contributed by atoms with Crippen molar-refractivity contribution in [3.05, 3.63) is 25.3 Å². The van der Waals surface area contributed by atoms with Crippen molar-refractivity contribution in [2.24, 2.45) is 10.8 Å². The summed E-state index contributed by atoms with van der Waals surface area (Å²) in [7, 11) is 0. The molecule has 0 aromatic rings. The maximum Gasteiger partial charge on any atom is 0.303 e. The van der Waals surface area contributed by atoms with E-state index in [1.54, 1.807) is 0 Å². The zero-order valence-electron chi connectivity index (χ0n) is 18.9. The first kappa shape index (κ1) is 31.3. The number of rotatable bonds is 20. The van der Waals surface area contributed by atoms with Gasteiger partial charge in [0.1, 0.15) is 0 Å². The number of carboxylic acids is 6. The van der Waals surface area contributed by atoms with Gasteiger partial charge in [-0.25, -0.2) is 0 Å². The molecule has 0 radical (unpaired) electrons. The first-order valence-corrected chi connectivity index (χ1v) is 10.3. The Morgan fingerprint density at radius 2 is 0.743 bits per heavy atom. The molecule has 0 saturated carbocycles. The van der Waals surface area contributed by atoms with Crippen LogP contribution in [0.15, 0.2) is 25.3 Å². The summed E-state index contributed by atoms with van der Waals surface area (Å²) in [5.41, 5.74) is -3.57. The summed E-state index contributed by atoms with van der Waals surface area (Å²) in [6, 6.07) is 0. The van der Waals surface area contributed by atoms with Crippen molar-refractivity contribution in [3.63, 3.8) is 0 Å². The van der Waals surface area contributed by atoms with E-state index in [9.17, 15) is 59.4 Å². The van der Waals surface area contributed by atoms with Crippen LogP contribution in [0.3, 0.4) is 0 Å². The molecule has 35 heavy (non-hydrogen) atoms. The summed E-state index contributed by atoms with van der Waals surface area (Å²) in [5.74, 6) is -8.67. The quantitative estimate of drug-likeness (QED) is 0.130. The highest BCUT2D eigenvalue weighted by atomic mass is 16.5. The zero-order valence-corrected chi connectivity index (χ0v) is 18.9. The fraction of sp³-hybridized carbons (Fsp3) is 0.545. The Bertz CT molecular complexity index is 695. The molecule has 0 aliphatic rings. The average molecular weight is 502 g/mol. The Labute approximate surface area is 200 Å². The van der Waals surface area contributed by atoms with Gasteiger partial charge in [0.25, 0.3) is 0 Å². The van der Waals surface area contributed by atoms with Gasteiger partial charge in [0, 0.05) is 10.8 Å². The van der Waals surface area contributed by atoms with E-state index < -0.39 is 110 Å². The fourth-order valence-corrected chi connectivity index (χ4v) is 4.18. The highest BCUT2D eigenvalue weighted by Crippen LogP contribution is 2.40. The second-order valence-electron chi connectivity index (χ2n) is 8.52. The second kappa shape index (κ2) is 13.8. The Kier molecular flexibility index (Phi) is 12.4. The molecule has 0 amide bonds. The second-order valence-corrected chi connectivity index (χ2v) is 8.52. The Balaban J connectivity index is 6.12. The fourth-order valence-electron chi connectivity index (χ4n) is 4.18. The molecule has 0 aromatic heterocycles. The number of hydrogen-bond donors (Lipinski definition) is 6. The summed E-state index contributed by atoms with van der Waals surface area (Å²) in [4.78, 5) is 68.3. The van der Waals surface area contributed by atoms with Crippen molar-refractivity contribution >= 4 is 35.8 Å². The molecule has 196 valence electrons. The SMILES string of the molecule is C=CC(CC(CC(=O)O)(CC(=O)O)CC(=O)O)OC(C=C)CC(CC(=O)O)(CC(=O)O)CC(=O)O. The zero-order chi connectivity index (χ0) is 27.4. The van der Waals surface area contributed by atoms with Gasteiger partial charge in [0.15, 0.2) is 0 Å². The minimum atomic E-state index is -1.78. The Morgan fingerprint density at radius 1 is 0.543 bits per heavy atom. The van der Waals surface area contributed by atoms with E-state index in [4.69, 9.17) is 4.74 Å². The summed E-state index contributed by atoms with van der Waals surface area (Å²) in [6.07, 6.45) is -5.77. The van der Waals surface area contributed by atoms with Gasteiger partial charge in [-0.05, 0) is 12.8 Å². The lowest BCUT2D eigenvalue weighted by molar-refractivity contribution is -0.150. The van der Waals surface area contributed by atoms with Gasteiger partial charge in [0.2, 0.25) is 0 Å². The monoisotopic (exact) mass is 502 g/mol. The number of aliphatic carboxylic acids is 6. The number of carboxylic acid groups (broad SMARTS) is 6. The van der Waals surface area contributed by atoms with E-state index >= 15 is 0 Å². The van der Waals surface area contributed by atoms with Crippen LogP contribution < -0.4 is 0 Å². The average Bonchev–Trinajstić information content (AvgIpc) is 2.62. The van der Waals surface area contributed by atoms with Crippen LogP contribution in [0.25, 0.3) is 0 Å². The van der Waals surface area contributed by atoms with Crippen molar-refractivity contribution in [2.45, 2.75) is 63.6 Å². The lowest BCUT2D eigenvalue weighted by Crippen LogP contribution is -2.38. The maximum absolute atomic E-state index is 11.4. The van der Waals surface area contributed by atoms with Crippen LogP contribution in [-0.4, -0.2) is 78.7 Å². The molecule has 0 rings (SSSR count). The largest absolute Gasteiger partial charge is 0.481 e. The Morgan fingerprint density at radius 3 is 0.886 bits per heavy atom. The molecular formula is C22H30O13. The molecule has 0 aliphatic heterocycles. The van der Waals surface area contributed by atoms with Crippen LogP contribution >= 0.6 is 0 Å². The van der Waals surface area contributed by atoms with Gasteiger partial charge < -0.3 is 35.4 Å². The van der Waals surface area contributed by atoms with Gasteiger partial charge >= 0.3 is 35.8 Å². The first-order valence-electron chi connectivity index (χ1n) is 10.3. The molecule has 0 fully saturated rings. The smallest absolute Gasteiger partial charge is 0.303 e. The number of hydrogen-bond acceptors (Lipinski definition) is 7. The Hall–Kier alpha value is -3.74. The van der Waals surface area contributed by atoms with Crippen molar-refractivity contribution < 1.29 is 64.1 Å². The normalized spacial score (nSPS) is 13.3. The van der Waals surface area contributed by atoms with Crippen molar-refractivity contribution in [1.82, 2.24) is 0 Å². The summed E-state index contributed by atoms with van der Waals surface area (Å²) >= 11 is 0. The molecule has 2 unspecified atom stereocenters. The topological polar surface area (TPSA) is 233 Å². The highest BCUT2D eigenvalue weighted by molar-refractivity contribution is 5.76. The van der Waals surface area contributed by atoms with Gasteiger partial charge in [-0.1, -0.05) is 12.2 Å². The van der Waals surface area contributed by atoms with Gasteiger partial charge in [-0.15, -0.1) is 13.2 Å². The van der Waals surface area contributed by atoms with Crippen LogP contribution in [0, 0.1) is 10.8 Å². The minimum Gasteiger partial charge on any atom is -0.481 e. The molecule has 0 saturated heterocycles. The van der Waals surface area contributed by atoms with Gasteiger partial charge in [-0.3, -0.25) is 28.8 Å². The van der Waals surface area contributed by atoms with E-state index in [1.165, 1.54) is 0 Å². The number of ether oxygens (including phenoxy) is 1. The van der Waals surface area contributed by atoms with Gasteiger partial charge in [0.05, 0.1) is 50.7 Å². The molecule has 0 spiro atoms. The summed E-state index contributed by atoms with van der Waals surface area (Å²) in [6.45, 7) is 7.06. The number of carbonyl (C=O) groups is 6. The predicted molar refractivity (Wildman–Crippen MR) is 117 cm³/mol. The van der Waals surface area contributed by atoms with E-state index in [-0.39, 0.29) is 0 Å². The van der Waals surface area contributed by atoms with Crippen molar-refractivity contribution in [3.8, 4) is 0 Å².